The van der Waals surface area contributed by atoms with Crippen LogP contribution in [0.2, 0.25) is 5.02 Å². The number of para-hydroxylation sites is 3. The van der Waals surface area contributed by atoms with Crippen molar-refractivity contribution in [2.45, 2.75) is 6.92 Å². The van der Waals surface area contributed by atoms with E-state index in [0.29, 0.717) is 21.5 Å². The van der Waals surface area contributed by atoms with Gasteiger partial charge in [-0.1, -0.05) is 48.9 Å². The van der Waals surface area contributed by atoms with Crippen molar-refractivity contribution in [2.24, 2.45) is 5.92 Å². The first-order valence-corrected chi connectivity index (χ1v) is 11.7. The number of nitrogens with one attached hydrogen (secondary N) is 1. The molecule has 1 atom stereocenters. The van der Waals surface area contributed by atoms with Gasteiger partial charge < -0.3 is 10.1 Å². The SMILES string of the molecule is CC1CS(=O)(=O)N(c2cc(C(=O)Nc3ccccc3Oc3ccccc3)ccc2Cl)C1=O. The number of carbonyl (C=O) groups excluding carboxylic acids is 2. The van der Waals surface area contributed by atoms with E-state index in [2.05, 4.69) is 5.32 Å². The summed E-state index contributed by atoms with van der Waals surface area (Å²) in [6.07, 6.45) is 0. The molecule has 1 fully saturated rings. The summed E-state index contributed by atoms with van der Waals surface area (Å²) in [6, 6.07) is 20.2. The van der Waals surface area contributed by atoms with Gasteiger partial charge in [-0.3, -0.25) is 9.59 Å². The highest BCUT2D eigenvalue weighted by Gasteiger charge is 2.43. The summed E-state index contributed by atoms with van der Waals surface area (Å²) >= 11 is 6.19. The Kier molecular flexibility index (Phi) is 5.90. The summed E-state index contributed by atoms with van der Waals surface area (Å²) in [5.41, 5.74) is 0.528. The Balaban J connectivity index is 1.62. The highest BCUT2D eigenvalue weighted by atomic mass is 35.5. The van der Waals surface area contributed by atoms with Crippen LogP contribution in [0.3, 0.4) is 0 Å². The monoisotopic (exact) mass is 470 g/mol. The zero-order valence-electron chi connectivity index (χ0n) is 17.0. The lowest BCUT2D eigenvalue weighted by Crippen LogP contribution is -2.30. The number of amides is 2. The van der Waals surface area contributed by atoms with Crippen molar-refractivity contribution in [2.75, 3.05) is 15.4 Å². The molecule has 0 saturated carbocycles. The van der Waals surface area contributed by atoms with Gasteiger partial charge in [-0.25, -0.2) is 12.7 Å². The molecule has 4 rings (SSSR count). The van der Waals surface area contributed by atoms with Crippen LogP contribution in [-0.4, -0.2) is 26.0 Å². The smallest absolute Gasteiger partial charge is 0.255 e. The van der Waals surface area contributed by atoms with E-state index in [1.54, 1.807) is 36.4 Å². The van der Waals surface area contributed by atoms with Crippen molar-refractivity contribution < 1.29 is 22.7 Å². The zero-order chi connectivity index (χ0) is 22.9. The highest BCUT2D eigenvalue weighted by Crippen LogP contribution is 2.35. The number of carbonyl (C=O) groups is 2. The molecule has 0 aliphatic carbocycles. The average molecular weight is 471 g/mol. The van der Waals surface area contributed by atoms with Crippen molar-refractivity contribution >= 4 is 44.8 Å². The minimum Gasteiger partial charge on any atom is -0.455 e. The van der Waals surface area contributed by atoms with E-state index in [4.69, 9.17) is 16.3 Å². The van der Waals surface area contributed by atoms with Crippen LogP contribution < -0.4 is 14.4 Å². The van der Waals surface area contributed by atoms with Crippen molar-refractivity contribution in [1.29, 1.82) is 0 Å². The zero-order valence-corrected chi connectivity index (χ0v) is 18.6. The summed E-state index contributed by atoms with van der Waals surface area (Å²) in [4.78, 5) is 25.4. The Morgan fingerprint density at radius 1 is 1.06 bits per heavy atom. The number of anilines is 2. The number of hydrogen-bond donors (Lipinski definition) is 1. The largest absolute Gasteiger partial charge is 0.455 e. The lowest BCUT2D eigenvalue weighted by Gasteiger charge is -2.18. The Morgan fingerprint density at radius 3 is 2.44 bits per heavy atom. The van der Waals surface area contributed by atoms with Crippen molar-refractivity contribution in [3.63, 3.8) is 0 Å². The quantitative estimate of drug-likeness (QED) is 0.583. The van der Waals surface area contributed by atoms with Gasteiger partial charge >= 0.3 is 0 Å². The fourth-order valence-electron chi connectivity index (χ4n) is 3.35. The van der Waals surface area contributed by atoms with Crippen LogP contribution in [0.5, 0.6) is 11.5 Å². The van der Waals surface area contributed by atoms with Gasteiger partial charge in [0.15, 0.2) is 5.75 Å². The fraction of sp³-hybridized carbons (Fsp3) is 0.130. The standard InChI is InChI=1S/C23H19ClN2O5S/c1-15-14-32(29,30)26(23(15)28)20-13-16(11-12-18(20)24)22(27)25-19-9-5-6-10-21(19)31-17-7-3-2-4-8-17/h2-13,15H,14H2,1H3,(H,25,27). The minimum absolute atomic E-state index is 0.0394. The maximum Gasteiger partial charge on any atom is 0.255 e. The predicted octanol–water partition coefficient (Wildman–Crippen LogP) is 4.70. The molecule has 0 bridgehead atoms. The van der Waals surface area contributed by atoms with Crippen LogP contribution in [0.4, 0.5) is 11.4 Å². The van der Waals surface area contributed by atoms with Gasteiger partial charge in [0.1, 0.15) is 5.75 Å². The van der Waals surface area contributed by atoms with Gasteiger partial charge in [-0.05, 0) is 42.5 Å². The molecule has 1 saturated heterocycles. The number of rotatable bonds is 5. The molecule has 0 aromatic heterocycles. The summed E-state index contributed by atoms with van der Waals surface area (Å²) < 4.78 is 31.4. The van der Waals surface area contributed by atoms with Crippen LogP contribution in [0.1, 0.15) is 17.3 Å². The number of benzene rings is 3. The minimum atomic E-state index is -3.86. The van der Waals surface area contributed by atoms with E-state index in [0.717, 1.165) is 0 Å². The molecule has 0 spiro atoms. The lowest BCUT2D eigenvalue weighted by molar-refractivity contribution is -0.119. The number of halogens is 1. The molecule has 1 aliphatic heterocycles. The first-order valence-electron chi connectivity index (χ1n) is 9.76. The molecule has 9 heteroatoms. The molecule has 164 valence electrons. The van der Waals surface area contributed by atoms with E-state index in [9.17, 15) is 18.0 Å². The molecule has 0 radical (unpaired) electrons. The van der Waals surface area contributed by atoms with Crippen LogP contribution in [0.25, 0.3) is 0 Å². The van der Waals surface area contributed by atoms with Crippen LogP contribution in [0, 0.1) is 5.92 Å². The molecule has 2 amide bonds. The second-order valence-corrected chi connectivity index (χ2v) is 9.58. The Bertz CT molecular complexity index is 1290. The number of sulfonamides is 1. The van der Waals surface area contributed by atoms with E-state index in [-0.39, 0.29) is 22.0 Å². The number of ether oxygens (including phenoxy) is 1. The summed E-state index contributed by atoms with van der Waals surface area (Å²) in [5.74, 6) is -1.03. The first kappa shape index (κ1) is 21.9. The highest BCUT2D eigenvalue weighted by molar-refractivity contribution is 7.94. The van der Waals surface area contributed by atoms with Gasteiger partial charge in [-0.2, -0.15) is 0 Å². The fourth-order valence-corrected chi connectivity index (χ4v) is 5.43. The molecular weight excluding hydrogens is 452 g/mol. The van der Waals surface area contributed by atoms with Crippen LogP contribution in [-0.2, 0) is 14.8 Å². The number of hydrogen-bond acceptors (Lipinski definition) is 5. The molecule has 1 aliphatic rings. The predicted molar refractivity (Wildman–Crippen MR) is 123 cm³/mol. The van der Waals surface area contributed by atoms with Crippen molar-refractivity contribution in [3.05, 3.63) is 83.4 Å². The molecular formula is C23H19ClN2O5S. The third-order valence-corrected chi connectivity index (χ3v) is 7.07. The summed E-state index contributed by atoms with van der Waals surface area (Å²) in [6.45, 7) is 1.54. The number of nitrogens with zero attached hydrogens (tertiary/aromatic N) is 1. The van der Waals surface area contributed by atoms with Gasteiger partial charge in [-0.15, -0.1) is 0 Å². The Morgan fingerprint density at radius 2 is 1.75 bits per heavy atom. The van der Waals surface area contributed by atoms with E-state index in [1.165, 1.54) is 25.1 Å². The van der Waals surface area contributed by atoms with Crippen molar-refractivity contribution in [1.82, 2.24) is 0 Å². The summed E-state index contributed by atoms with van der Waals surface area (Å²) in [5, 5.41) is 2.82. The topological polar surface area (TPSA) is 92.8 Å². The van der Waals surface area contributed by atoms with E-state index in [1.807, 2.05) is 18.2 Å². The van der Waals surface area contributed by atoms with Gasteiger partial charge in [0.2, 0.25) is 15.9 Å². The third-order valence-electron chi connectivity index (χ3n) is 4.89. The lowest BCUT2D eigenvalue weighted by atomic mass is 10.1. The molecule has 32 heavy (non-hydrogen) atoms. The van der Waals surface area contributed by atoms with Gasteiger partial charge in [0, 0.05) is 5.56 Å². The van der Waals surface area contributed by atoms with Crippen LogP contribution >= 0.6 is 11.6 Å². The molecule has 3 aromatic carbocycles. The Labute approximate surface area is 190 Å². The second-order valence-electron chi connectivity index (χ2n) is 7.31. The Hall–Kier alpha value is -3.36. The van der Waals surface area contributed by atoms with Gasteiger partial charge in [0.25, 0.3) is 5.91 Å². The average Bonchev–Trinajstić information content (AvgIpc) is 2.97. The normalized spacial score (nSPS) is 17.2. The van der Waals surface area contributed by atoms with Crippen LogP contribution in [0.15, 0.2) is 72.8 Å². The molecule has 7 nitrogen and oxygen atoms in total. The summed E-state index contributed by atoms with van der Waals surface area (Å²) in [7, 11) is -3.86. The first-order chi connectivity index (χ1) is 15.3. The van der Waals surface area contributed by atoms with E-state index < -0.39 is 27.8 Å². The molecule has 1 N–H and O–H groups in total. The van der Waals surface area contributed by atoms with Gasteiger partial charge in [0.05, 0.1) is 28.1 Å². The molecule has 1 unspecified atom stereocenters. The second kappa shape index (κ2) is 8.64. The maximum absolute atomic E-state index is 12.9. The molecule has 1 heterocycles. The molecule has 3 aromatic rings. The maximum atomic E-state index is 12.9. The van der Waals surface area contributed by atoms with Crippen molar-refractivity contribution in [3.8, 4) is 11.5 Å². The van der Waals surface area contributed by atoms with E-state index >= 15 is 0 Å². The third kappa shape index (κ3) is 4.32.